The van der Waals surface area contributed by atoms with Gasteiger partial charge in [0, 0.05) is 10.9 Å². The number of amides is 1. The Kier molecular flexibility index (Phi) is 5.39. The molecule has 0 saturated carbocycles. The number of aliphatic hydroxyl groups excluding tert-OH is 1. The topological polar surface area (TPSA) is 49.3 Å². The third kappa shape index (κ3) is 4.52. The van der Waals surface area contributed by atoms with Crippen molar-refractivity contribution < 1.29 is 9.90 Å². The van der Waals surface area contributed by atoms with E-state index >= 15 is 0 Å². The van der Waals surface area contributed by atoms with Crippen molar-refractivity contribution in [2.45, 2.75) is 39.2 Å². The van der Waals surface area contributed by atoms with Crippen LogP contribution in [0, 0.1) is 11.8 Å². The molecule has 0 aliphatic heterocycles. The molecule has 3 nitrogen and oxygen atoms in total. The number of rotatable bonds is 4. The molecule has 0 aromatic carbocycles. The van der Waals surface area contributed by atoms with Crippen LogP contribution in [0.3, 0.4) is 0 Å². The van der Waals surface area contributed by atoms with E-state index < -0.39 is 0 Å². The predicted molar refractivity (Wildman–Crippen MR) is 74.7 cm³/mol. The van der Waals surface area contributed by atoms with Gasteiger partial charge >= 0.3 is 0 Å². The van der Waals surface area contributed by atoms with Gasteiger partial charge in [-0.15, -0.1) is 11.3 Å². The highest BCUT2D eigenvalue weighted by Gasteiger charge is 2.20. The van der Waals surface area contributed by atoms with Crippen molar-refractivity contribution in [2.24, 2.45) is 0 Å². The number of carbonyl (C=O) groups is 1. The molecular formula is C14H19NO2S. The van der Waals surface area contributed by atoms with Gasteiger partial charge in [-0.2, -0.15) is 0 Å². The summed E-state index contributed by atoms with van der Waals surface area (Å²) in [5.74, 6) is 5.30. The van der Waals surface area contributed by atoms with Crippen molar-refractivity contribution in [1.82, 2.24) is 5.32 Å². The van der Waals surface area contributed by atoms with Gasteiger partial charge in [0.15, 0.2) is 0 Å². The molecule has 4 heteroatoms. The summed E-state index contributed by atoms with van der Waals surface area (Å²) in [5.41, 5.74) is 0.441. The number of hydrogen-bond donors (Lipinski definition) is 2. The van der Waals surface area contributed by atoms with Gasteiger partial charge in [-0.1, -0.05) is 25.2 Å². The Morgan fingerprint density at radius 3 is 2.89 bits per heavy atom. The maximum absolute atomic E-state index is 12.0. The summed E-state index contributed by atoms with van der Waals surface area (Å²) in [6, 6.07) is 1.75. The average Bonchev–Trinajstić information content (AvgIpc) is 2.74. The van der Waals surface area contributed by atoms with E-state index in [2.05, 4.69) is 24.1 Å². The van der Waals surface area contributed by atoms with Crippen molar-refractivity contribution in [3.05, 3.63) is 21.9 Å². The van der Waals surface area contributed by atoms with Crippen LogP contribution in [0.1, 0.15) is 48.8 Å². The van der Waals surface area contributed by atoms with Crippen LogP contribution in [0.25, 0.3) is 0 Å². The maximum Gasteiger partial charge on any atom is 0.252 e. The van der Waals surface area contributed by atoms with E-state index in [4.69, 9.17) is 5.11 Å². The molecule has 0 aliphatic rings. The van der Waals surface area contributed by atoms with Gasteiger partial charge in [0.1, 0.15) is 6.61 Å². The van der Waals surface area contributed by atoms with Crippen LogP contribution in [0.4, 0.5) is 0 Å². The lowest BCUT2D eigenvalue weighted by molar-refractivity contribution is 0.0909. The highest BCUT2D eigenvalue weighted by atomic mass is 32.1. The van der Waals surface area contributed by atoms with Crippen molar-refractivity contribution in [1.29, 1.82) is 0 Å². The number of carbonyl (C=O) groups excluding carboxylic acids is 1. The van der Waals surface area contributed by atoms with Crippen LogP contribution in [0.15, 0.2) is 11.4 Å². The zero-order valence-electron chi connectivity index (χ0n) is 11.0. The second-order valence-corrected chi connectivity index (χ2v) is 5.66. The van der Waals surface area contributed by atoms with Gasteiger partial charge in [-0.05, 0) is 26.3 Å². The lowest BCUT2D eigenvalue weighted by Crippen LogP contribution is -2.43. The van der Waals surface area contributed by atoms with Crippen LogP contribution in [0.5, 0.6) is 0 Å². The number of hydrogen-bond acceptors (Lipinski definition) is 3. The van der Waals surface area contributed by atoms with E-state index in [1.54, 1.807) is 11.4 Å². The van der Waals surface area contributed by atoms with E-state index in [0.29, 0.717) is 5.56 Å². The minimum Gasteiger partial charge on any atom is -0.384 e. The first-order chi connectivity index (χ1) is 8.48. The molecule has 0 fully saturated rings. The molecule has 1 heterocycles. The summed E-state index contributed by atoms with van der Waals surface area (Å²) < 4.78 is 0. The molecule has 1 amide bonds. The quantitative estimate of drug-likeness (QED) is 0.821. The average molecular weight is 265 g/mol. The van der Waals surface area contributed by atoms with E-state index in [0.717, 1.165) is 17.7 Å². The van der Waals surface area contributed by atoms with Gasteiger partial charge in [-0.25, -0.2) is 0 Å². The third-order valence-corrected chi connectivity index (χ3v) is 3.32. The van der Waals surface area contributed by atoms with Crippen LogP contribution in [-0.2, 0) is 0 Å². The summed E-state index contributed by atoms with van der Waals surface area (Å²) >= 11 is 1.41. The summed E-state index contributed by atoms with van der Waals surface area (Å²) in [6.07, 6.45) is 1.98. The SMILES string of the molecule is CCCC(C)(C)NC(=O)c1csc(C#CCO)c1. The molecule has 1 rings (SSSR count). The van der Waals surface area contributed by atoms with E-state index in [-0.39, 0.29) is 18.1 Å². The lowest BCUT2D eigenvalue weighted by atomic mass is 9.98. The minimum absolute atomic E-state index is 0.0678. The van der Waals surface area contributed by atoms with E-state index in [1.165, 1.54) is 11.3 Å². The Balaban J connectivity index is 2.70. The largest absolute Gasteiger partial charge is 0.384 e. The maximum atomic E-state index is 12.0. The van der Waals surface area contributed by atoms with Gasteiger partial charge in [0.05, 0.1) is 10.4 Å². The molecule has 0 spiro atoms. The second-order valence-electron chi connectivity index (χ2n) is 4.75. The molecule has 18 heavy (non-hydrogen) atoms. The van der Waals surface area contributed by atoms with Crippen LogP contribution >= 0.6 is 11.3 Å². The van der Waals surface area contributed by atoms with Gasteiger partial charge < -0.3 is 10.4 Å². The third-order valence-electron chi connectivity index (χ3n) is 2.48. The molecule has 2 N–H and O–H groups in total. The number of nitrogens with one attached hydrogen (secondary N) is 1. The van der Waals surface area contributed by atoms with Crippen LogP contribution in [-0.4, -0.2) is 23.2 Å². The molecule has 0 aliphatic carbocycles. The fourth-order valence-corrected chi connectivity index (χ4v) is 2.47. The van der Waals surface area contributed by atoms with Crippen LogP contribution in [0.2, 0.25) is 0 Å². The van der Waals surface area contributed by atoms with Gasteiger partial charge in [-0.3, -0.25) is 4.79 Å². The number of thiophene rings is 1. The molecule has 0 unspecified atom stereocenters. The second kappa shape index (κ2) is 6.58. The monoisotopic (exact) mass is 265 g/mol. The van der Waals surface area contributed by atoms with Crippen molar-refractivity contribution in [3.63, 3.8) is 0 Å². The van der Waals surface area contributed by atoms with Crippen molar-refractivity contribution >= 4 is 17.2 Å². The van der Waals surface area contributed by atoms with E-state index in [9.17, 15) is 4.79 Å². The fraction of sp³-hybridized carbons (Fsp3) is 0.500. The Morgan fingerprint density at radius 1 is 1.56 bits per heavy atom. The zero-order valence-corrected chi connectivity index (χ0v) is 11.9. The summed E-state index contributed by atoms with van der Waals surface area (Å²) in [7, 11) is 0. The van der Waals surface area contributed by atoms with Crippen LogP contribution < -0.4 is 5.32 Å². The minimum atomic E-state index is -0.190. The molecule has 98 valence electrons. The molecular weight excluding hydrogens is 246 g/mol. The summed E-state index contributed by atoms with van der Waals surface area (Å²) in [4.78, 5) is 12.8. The molecule has 0 bridgehead atoms. The standard InChI is InChI=1S/C14H19NO2S/c1-4-7-14(2,3)15-13(17)11-9-12(18-10-11)6-5-8-16/h9-10,16H,4,7-8H2,1-3H3,(H,15,17). The fourth-order valence-electron chi connectivity index (χ4n) is 1.71. The highest BCUT2D eigenvalue weighted by Crippen LogP contribution is 2.16. The predicted octanol–water partition coefficient (Wildman–Crippen LogP) is 2.40. The smallest absolute Gasteiger partial charge is 0.252 e. The Hall–Kier alpha value is -1.31. The van der Waals surface area contributed by atoms with Crippen molar-refractivity contribution in [3.8, 4) is 11.8 Å². The van der Waals surface area contributed by atoms with Crippen molar-refractivity contribution in [2.75, 3.05) is 6.61 Å². The molecule has 0 radical (unpaired) electrons. The number of aliphatic hydroxyl groups is 1. The first-order valence-electron chi connectivity index (χ1n) is 5.99. The normalized spacial score (nSPS) is 10.7. The Labute approximate surface area is 112 Å². The van der Waals surface area contributed by atoms with Gasteiger partial charge in [0.25, 0.3) is 5.91 Å². The van der Waals surface area contributed by atoms with E-state index in [1.807, 2.05) is 13.8 Å². The lowest BCUT2D eigenvalue weighted by Gasteiger charge is -2.25. The molecule has 1 aromatic heterocycles. The Morgan fingerprint density at radius 2 is 2.28 bits per heavy atom. The highest BCUT2D eigenvalue weighted by molar-refractivity contribution is 7.10. The molecule has 1 aromatic rings. The first kappa shape index (κ1) is 14.7. The summed E-state index contributed by atoms with van der Waals surface area (Å²) in [6.45, 7) is 5.98. The first-order valence-corrected chi connectivity index (χ1v) is 6.87. The molecule has 0 saturated heterocycles. The summed E-state index contributed by atoms with van der Waals surface area (Å²) in [5, 5.41) is 13.4. The zero-order chi connectivity index (χ0) is 13.6. The molecule has 0 atom stereocenters. The van der Waals surface area contributed by atoms with Gasteiger partial charge in [0.2, 0.25) is 0 Å². The Bertz CT molecular complexity index is 466.